The van der Waals surface area contributed by atoms with Crippen molar-refractivity contribution >= 4 is 53.4 Å². The summed E-state index contributed by atoms with van der Waals surface area (Å²) >= 11 is 0.750. The maximum absolute atomic E-state index is 8.25. The molecule has 0 bridgehead atoms. The fourth-order valence-electron chi connectivity index (χ4n) is 1.53. The van der Waals surface area contributed by atoms with Crippen molar-refractivity contribution in [1.29, 1.82) is 0 Å². The molecule has 0 N–H and O–H groups in total. The molecule has 0 amide bonds. The second-order valence-corrected chi connectivity index (χ2v) is 10.9. The zero-order chi connectivity index (χ0) is 15.4. The van der Waals surface area contributed by atoms with Crippen molar-refractivity contribution in [2.45, 2.75) is 32.2 Å². The van der Waals surface area contributed by atoms with E-state index < -0.39 is 8.32 Å². The molecule has 0 aliphatic rings. The van der Waals surface area contributed by atoms with Gasteiger partial charge in [0.15, 0.2) is 8.32 Å². The molecule has 2 radical (unpaired) electrons. The van der Waals surface area contributed by atoms with Crippen LogP contribution in [-0.2, 0) is 28.2 Å². The number of fused-ring (bicyclic) bond motifs is 1. The predicted molar refractivity (Wildman–Crippen MR) is 100 cm³/mol. The van der Waals surface area contributed by atoms with Crippen LogP contribution in [0.3, 0.4) is 0 Å². The van der Waals surface area contributed by atoms with E-state index in [0.717, 1.165) is 36.5 Å². The van der Waals surface area contributed by atoms with Gasteiger partial charge in [-0.2, -0.15) is 17.5 Å². The Morgan fingerprint density at radius 3 is 2.23 bits per heavy atom. The first-order valence-corrected chi connectivity index (χ1v) is 12.4. The summed E-state index contributed by atoms with van der Waals surface area (Å²) in [7, 11) is -0.149. The number of halogens is 2. The molecule has 0 heterocycles. The van der Waals surface area contributed by atoms with Gasteiger partial charge in [0.1, 0.15) is 0 Å². The van der Waals surface area contributed by atoms with Crippen LogP contribution in [0.25, 0.3) is 10.8 Å². The Kier molecular flexibility index (Phi) is 20.0. The Bertz CT molecular complexity index is 446. The zero-order valence-corrected chi connectivity index (χ0v) is 18.8. The Labute approximate surface area is 162 Å². The number of hydrogen-bond acceptors (Lipinski definition) is 2. The molecule has 2 aromatic carbocycles. The maximum Gasteiger partial charge on any atom is -0.0809 e. The van der Waals surface area contributed by atoms with Gasteiger partial charge in [-0.25, -0.2) is 0 Å². The molecule has 7 heteroatoms. The third-order valence-electron chi connectivity index (χ3n) is 2.43. The molecule has 0 atom stereocenters. The molecule has 2 aromatic rings. The topological polar surface area (TPSA) is 26.3 Å². The molecule has 0 saturated carbocycles. The molecular formula is C15H25Cl2O2Si2Ti. The van der Waals surface area contributed by atoms with Crippen LogP contribution >= 0.6 is 24.8 Å². The predicted octanol–water partition coefficient (Wildman–Crippen LogP) is 5.29. The molecular weight excluding hydrogens is 387 g/mol. The van der Waals surface area contributed by atoms with Crippen LogP contribution in [0.2, 0.25) is 32.2 Å². The van der Waals surface area contributed by atoms with Gasteiger partial charge in [-0.1, -0.05) is 12.6 Å². The molecule has 123 valence electrons. The monoisotopic (exact) mass is 411 g/mol. The van der Waals surface area contributed by atoms with Crippen molar-refractivity contribution in [1.82, 2.24) is 0 Å². The second-order valence-electron chi connectivity index (χ2n) is 5.22. The average molecular weight is 412 g/mol. The molecule has 0 aromatic heterocycles. The van der Waals surface area contributed by atoms with E-state index in [1.807, 2.05) is 0 Å². The third-order valence-corrected chi connectivity index (χ3v) is 4.21. The summed E-state index contributed by atoms with van der Waals surface area (Å²) in [5.41, 5.74) is 0. The SMILES string of the molecule is C[Si]CCO[Si](C)(C)C.Cl.Cl.[O]=[Ti+].c1ccc2[cH-]ccc2c1. The van der Waals surface area contributed by atoms with E-state index >= 15 is 0 Å². The van der Waals surface area contributed by atoms with Crippen molar-refractivity contribution in [3.63, 3.8) is 0 Å². The molecule has 22 heavy (non-hydrogen) atoms. The summed E-state index contributed by atoms with van der Waals surface area (Å²) in [6, 6.07) is 15.9. The van der Waals surface area contributed by atoms with Crippen molar-refractivity contribution in [3.8, 4) is 0 Å². The van der Waals surface area contributed by atoms with Crippen molar-refractivity contribution in [2.24, 2.45) is 0 Å². The van der Waals surface area contributed by atoms with Gasteiger partial charge in [0.25, 0.3) is 0 Å². The van der Waals surface area contributed by atoms with E-state index in [-0.39, 0.29) is 24.8 Å². The molecule has 2 nitrogen and oxygen atoms in total. The summed E-state index contributed by atoms with van der Waals surface area (Å²) in [6.45, 7) is 9.88. The molecule has 0 spiro atoms. The Balaban J connectivity index is -0.000000273. The van der Waals surface area contributed by atoms with E-state index in [9.17, 15) is 0 Å². The maximum atomic E-state index is 8.25. The minimum absolute atomic E-state index is 0. The van der Waals surface area contributed by atoms with Gasteiger partial charge in [0, 0.05) is 16.1 Å². The summed E-state index contributed by atoms with van der Waals surface area (Å²) in [5, 5.41) is 2.66. The number of rotatable bonds is 4. The van der Waals surface area contributed by atoms with Gasteiger partial charge in [-0.3, -0.25) is 0 Å². The first-order chi connectivity index (χ1) is 9.53. The fourth-order valence-corrected chi connectivity index (χ4v) is 2.75. The van der Waals surface area contributed by atoms with E-state index in [0.29, 0.717) is 0 Å². The first kappa shape index (κ1) is 27.2. The van der Waals surface area contributed by atoms with E-state index in [4.69, 9.17) is 7.75 Å². The molecule has 0 saturated heterocycles. The number of benzene rings is 1. The first-order valence-electron chi connectivity index (χ1n) is 6.62. The van der Waals surface area contributed by atoms with Crippen LogP contribution < -0.4 is 0 Å². The largest absolute Gasteiger partial charge is 0.168 e. The van der Waals surface area contributed by atoms with Gasteiger partial charge in [-0.15, -0.1) is 54.5 Å². The van der Waals surface area contributed by atoms with Crippen molar-refractivity contribution in [3.05, 3.63) is 42.5 Å². The smallest absolute Gasteiger partial charge is 0.0809 e. The fraction of sp³-hybridized carbons (Fsp3) is 0.400. The van der Waals surface area contributed by atoms with Crippen molar-refractivity contribution in [2.75, 3.05) is 6.61 Å². The summed E-state index contributed by atoms with van der Waals surface area (Å²) in [4.78, 5) is 0. The van der Waals surface area contributed by atoms with Crippen LogP contribution in [0.4, 0.5) is 0 Å². The van der Waals surface area contributed by atoms with Gasteiger partial charge in [0.2, 0.25) is 0 Å². The van der Waals surface area contributed by atoms with Crippen LogP contribution in [0.1, 0.15) is 0 Å². The van der Waals surface area contributed by atoms with Gasteiger partial charge in [0.05, 0.1) is 0 Å². The standard InChI is InChI=1S/C9H7.C6H16OSi2.2ClH.O.Ti/c1-2-5-9-7-3-6-8(9)4-1;1-8-6-5-7-9(2,3)4;;;;/h1-7H;5-6H2,1-4H3;2*1H;;/q-1;;;;;+1. The summed E-state index contributed by atoms with van der Waals surface area (Å²) in [6.07, 6.45) is 0. The minimum atomic E-state index is -1.19. The molecule has 0 unspecified atom stereocenters. The van der Waals surface area contributed by atoms with E-state index in [1.165, 1.54) is 16.8 Å². The minimum Gasteiger partial charge on any atom is -0.168 e. The zero-order valence-electron chi connectivity index (χ0n) is 13.6. The van der Waals surface area contributed by atoms with Crippen LogP contribution in [0.5, 0.6) is 0 Å². The molecule has 0 aliphatic heterocycles. The molecule has 0 aliphatic carbocycles. The third kappa shape index (κ3) is 13.9. The Morgan fingerprint density at radius 1 is 1.14 bits per heavy atom. The van der Waals surface area contributed by atoms with Crippen LogP contribution in [0, 0.1) is 0 Å². The van der Waals surface area contributed by atoms with Gasteiger partial charge >= 0.3 is 23.7 Å². The van der Waals surface area contributed by atoms with E-state index in [1.54, 1.807) is 0 Å². The summed E-state index contributed by atoms with van der Waals surface area (Å²) in [5.74, 6) is 0. The quantitative estimate of drug-likeness (QED) is 0.388. The van der Waals surface area contributed by atoms with Crippen LogP contribution in [0.15, 0.2) is 42.5 Å². The summed E-state index contributed by atoms with van der Waals surface area (Å²) < 4.78 is 13.9. The van der Waals surface area contributed by atoms with Crippen LogP contribution in [-0.4, -0.2) is 24.4 Å². The van der Waals surface area contributed by atoms with Crippen molar-refractivity contribution < 1.29 is 28.2 Å². The second kappa shape index (κ2) is 16.2. The average Bonchev–Trinajstić information content (AvgIpc) is 2.89. The van der Waals surface area contributed by atoms with Gasteiger partial charge in [-0.05, 0) is 25.7 Å². The number of hydrogen-bond donors (Lipinski definition) is 0. The molecule has 0 fully saturated rings. The van der Waals surface area contributed by atoms with Gasteiger partial charge < -0.3 is 4.43 Å². The Hall–Kier alpha value is 0.318. The van der Waals surface area contributed by atoms with E-state index in [2.05, 4.69) is 68.7 Å². The normalized spacial score (nSPS) is 9.36. The molecule has 2 rings (SSSR count). The Morgan fingerprint density at radius 2 is 1.73 bits per heavy atom.